The number of carbonyl (C=O) groups excluding carboxylic acids is 1. The van der Waals surface area contributed by atoms with Crippen LogP contribution in [0, 0.1) is 5.92 Å². The zero-order valence-corrected chi connectivity index (χ0v) is 20.4. The average molecular weight is 522 g/mol. The van der Waals surface area contributed by atoms with Gasteiger partial charge in [0, 0.05) is 18.8 Å². The Morgan fingerprint density at radius 3 is 2.29 bits per heavy atom. The predicted octanol–water partition coefficient (Wildman–Crippen LogP) is 7.02. The smallest absolute Gasteiger partial charge is 0.418 e. The Morgan fingerprint density at radius 2 is 1.61 bits per heavy atom. The predicted molar refractivity (Wildman–Crippen MR) is 137 cm³/mol. The van der Waals surface area contributed by atoms with Crippen LogP contribution in [0.5, 0.6) is 0 Å². The van der Waals surface area contributed by atoms with Gasteiger partial charge in [0.05, 0.1) is 11.3 Å². The zero-order valence-electron chi connectivity index (χ0n) is 20.4. The van der Waals surface area contributed by atoms with E-state index in [0.29, 0.717) is 11.6 Å². The number of hydrogen-bond acceptors (Lipinski definition) is 3. The monoisotopic (exact) mass is 521 g/mol. The zero-order chi connectivity index (χ0) is 26.9. The fourth-order valence-electron chi connectivity index (χ4n) is 5.19. The van der Waals surface area contributed by atoms with Gasteiger partial charge < -0.3 is 14.8 Å². The Labute approximate surface area is 217 Å². The number of aliphatic carboxylic acids is 1. The van der Waals surface area contributed by atoms with Crippen molar-refractivity contribution in [2.24, 2.45) is 5.92 Å². The van der Waals surface area contributed by atoms with E-state index in [9.17, 15) is 22.8 Å². The number of anilines is 1. The van der Waals surface area contributed by atoms with E-state index in [-0.39, 0.29) is 23.7 Å². The molecule has 4 aromatic rings. The largest absolute Gasteiger partial charge is 0.481 e. The maximum atomic E-state index is 13.3. The van der Waals surface area contributed by atoms with Gasteiger partial charge in [-0.1, -0.05) is 36.4 Å². The van der Waals surface area contributed by atoms with E-state index in [1.54, 1.807) is 10.5 Å². The number of amides is 1. The van der Waals surface area contributed by atoms with Gasteiger partial charge in [0.25, 0.3) is 5.91 Å². The number of halogens is 3. The summed E-state index contributed by atoms with van der Waals surface area (Å²) >= 11 is 0. The number of pyridine rings is 1. The Morgan fingerprint density at radius 1 is 0.921 bits per heavy atom. The molecule has 0 saturated heterocycles. The number of nitrogens with one attached hydrogen (secondary N) is 1. The summed E-state index contributed by atoms with van der Waals surface area (Å²) in [5.41, 5.74) is 2.39. The number of hydrogen-bond donors (Lipinski definition) is 2. The van der Waals surface area contributed by atoms with Gasteiger partial charge in [0.15, 0.2) is 0 Å². The van der Waals surface area contributed by atoms with Crippen molar-refractivity contribution in [3.63, 3.8) is 0 Å². The van der Waals surface area contributed by atoms with Gasteiger partial charge in [-0.25, -0.2) is 4.98 Å². The van der Waals surface area contributed by atoms with Crippen LogP contribution in [0.2, 0.25) is 0 Å². The van der Waals surface area contributed by atoms with Crippen LogP contribution in [0.15, 0.2) is 73.1 Å². The number of benzene rings is 2. The quantitative estimate of drug-likeness (QED) is 0.286. The fourth-order valence-corrected chi connectivity index (χ4v) is 5.19. The average Bonchev–Trinajstić information content (AvgIpc) is 3.32. The Balaban J connectivity index is 1.29. The molecule has 0 spiro atoms. The number of carboxylic acids is 1. The number of carboxylic acid groups (broad SMARTS) is 1. The van der Waals surface area contributed by atoms with Crippen molar-refractivity contribution in [1.82, 2.24) is 9.38 Å². The summed E-state index contributed by atoms with van der Waals surface area (Å²) in [6.07, 6.45) is 2.79. The number of carbonyl (C=O) groups is 2. The Hall–Kier alpha value is -4.14. The first kappa shape index (κ1) is 25.5. The van der Waals surface area contributed by atoms with E-state index in [0.717, 1.165) is 42.9 Å². The van der Waals surface area contributed by atoms with Crippen molar-refractivity contribution in [3.8, 4) is 11.1 Å². The molecule has 6 nitrogen and oxygen atoms in total. The minimum absolute atomic E-state index is 0.00739. The minimum atomic E-state index is -4.59. The molecule has 5 rings (SSSR count). The molecule has 2 aromatic carbocycles. The van der Waals surface area contributed by atoms with Crippen molar-refractivity contribution in [2.45, 2.75) is 44.2 Å². The normalized spacial score (nSPS) is 17.9. The Bertz CT molecular complexity index is 1470. The second-order valence-corrected chi connectivity index (χ2v) is 9.74. The SMILES string of the molecule is O=C(O)C[C@H]1CC[C@H](c2ccc(-c3ccc4nc(C(=O)Nc5ccccc5C(F)(F)F)cn4c3)cc2)CC1. The molecule has 0 atom stereocenters. The standard InChI is InChI=1S/C29H26F3N3O3/c30-29(31,32)23-3-1-2-4-24(23)34-28(38)25-17-35-16-22(13-14-26(35)33-25)21-11-9-20(10-12-21)19-7-5-18(6-8-19)15-27(36)37/h1-4,9-14,16-19H,5-8,15H2,(H,34,38)(H,36,37)/t18-,19-. The van der Waals surface area contributed by atoms with Gasteiger partial charge in [-0.2, -0.15) is 13.2 Å². The molecule has 2 heterocycles. The van der Waals surface area contributed by atoms with Crippen molar-refractivity contribution < 1.29 is 27.9 Å². The Kier molecular flexibility index (Phi) is 6.93. The maximum Gasteiger partial charge on any atom is 0.418 e. The third kappa shape index (κ3) is 5.56. The number of imidazole rings is 1. The molecule has 2 N–H and O–H groups in total. The number of aromatic nitrogens is 2. The first-order valence-corrected chi connectivity index (χ1v) is 12.5. The van der Waals surface area contributed by atoms with Crippen molar-refractivity contribution in [3.05, 3.63) is 89.9 Å². The third-order valence-corrected chi connectivity index (χ3v) is 7.19. The topological polar surface area (TPSA) is 83.7 Å². The number of rotatable bonds is 6. The van der Waals surface area contributed by atoms with Gasteiger partial charge in [0.2, 0.25) is 0 Å². The fraction of sp³-hybridized carbons (Fsp3) is 0.276. The van der Waals surface area contributed by atoms with Gasteiger partial charge >= 0.3 is 12.1 Å². The second kappa shape index (κ2) is 10.3. The van der Waals surface area contributed by atoms with Crippen LogP contribution in [0.25, 0.3) is 16.8 Å². The molecule has 2 aromatic heterocycles. The summed E-state index contributed by atoms with van der Waals surface area (Å²) in [5, 5.41) is 11.3. The van der Waals surface area contributed by atoms with E-state index in [1.807, 2.05) is 24.4 Å². The highest BCUT2D eigenvalue weighted by atomic mass is 19.4. The lowest BCUT2D eigenvalue weighted by atomic mass is 9.77. The van der Waals surface area contributed by atoms with E-state index < -0.39 is 23.6 Å². The first-order valence-electron chi connectivity index (χ1n) is 12.5. The molecular weight excluding hydrogens is 495 g/mol. The van der Waals surface area contributed by atoms with Gasteiger partial charge in [-0.15, -0.1) is 0 Å². The van der Waals surface area contributed by atoms with Gasteiger partial charge in [0.1, 0.15) is 11.3 Å². The maximum absolute atomic E-state index is 13.3. The highest BCUT2D eigenvalue weighted by molar-refractivity contribution is 6.03. The van der Waals surface area contributed by atoms with Crippen LogP contribution in [-0.2, 0) is 11.0 Å². The molecule has 196 valence electrons. The molecule has 0 bridgehead atoms. The van der Waals surface area contributed by atoms with Crippen LogP contribution in [-0.4, -0.2) is 26.4 Å². The number of fused-ring (bicyclic) bond motifs is 1. The molecule has 1 amide bonds. The molecule has 1 fully saturated rings. The van der Waals surface area contributed by atoms with Gasteiger partial charge in [-0.05, 0) is 78.5 Å². The molecule has 9 heteroatoms. The number of nitrogens with zero attached hydrogens (tertiary/aromatic N) is 2. The summed E-state index contributed by atoms with van der Waals surface area (Å²) in [5.74, 6) is -0.772. The first-order chi connectivity index (χ1) is 18.2. The van der Waals surface area contributed by atoms with E-state index in [1.165, 1.54) is 30.0 Å². The van der Waals surface area contributed by atoms with Crippen LogP contribution in [0.4, 0.5) is 18.9 Å². The van der Waals surface area contributed by atoms with Crippen LogP contribution < -0.4 is 5.32 Å². The number of alkyl halides is 3. The highest BCUT2D eigenvalue weighted by Gasteiger charge is 2.33. The lowest BCUT2D eigenvalue weighted by Crippen LogP contribution is -2.16. The minimum Gasteiger partial charge on any atom is -0.481 e. The summed E-state index contributed by atoms with van der Waals surface area (Å²) in [4.78, 5) is 27.9. The van der Waals surface area contributed by atoms with Gasteiger partial charge in [-0.3, -0.25) is 9.59 Å². The molecule has 0 radical (unpaired) electrons. The molecule has 0 aliphatic heterocycles. The molecule has 38 heavy (non-hydrogen) atoms. The van der Waals surface area contributed by atoms with Crippen molar-refractivity contribution in [2.75, 3.05) is 5.32 Å². The molecular formula is C29H26F3N3O3. The van der Waals surface area contributed by atoms with E-state index in [2.05, 4.69) is 22.4 Å². The summed E-state index contributed by atoms with van der Waals surface area (Å²) in [6, 6.07) is 16.8. The van der Waals surface area contributed by atoms with Crippen LogP contribution in [0.3, 0.4) is 0 Å². The summed E-state index contributed by atoms with van der Waals surface area (Å²) in [6.45, 7) is 0. The van der Waals surface area contributed by atoms with E-state index >= 15 is 0 Å². The van der Waals surface area contributed by atoms with Crippen LogP contribution >= 0.6 is 0 Å². The molecule has 1 aliphatic rings. The van der Waals surface area contributed by atoms with E-state index in [4.69, 9.17) is 5.11 Å². The molecule has 0 unspecified atom stereocenters. The van der Waals surface area contributed by atoms with Crippen molar-refractivity contribution >= 4 is 23.2 Å². The second-order valence-electron chi connectivity index (χ2n) is 9.74. The van der Waals surface area contributed by atoms with Crippen LogP contribution in [0.1, 0.15) is 59.6 Å². The summed E-state index contributed by atoms with van der Waals surface area (Å²) < 4.78 is 41.5. The van der Waals surface area contributed by atoms with Crippen molar-refractivity contribution in [1.29, 1.82) is 0 Å². The summed E-state index contributed by atoms with van der Waals surface area (Å²) in [7, 11) is 0. The molecule has 1 aliphatic carbocycles. The third-order valence-electron chi connectivity index (χ3n) is 7.19. The lowest BCUT2D eigenvalue weighted by molar-refractivity contribution is -0.138. The number of para-hydroxylation sites is 1. The molecule has 1 saturated carbocycles. The highest BCUT2D eigenvalue weighted by Crippen LogP contribution is 2.38. The lowest BCUT2D eigenvalue weighted by Gasteiger charge is -2.28.